The van der Waals surface area contributed by atoms with Crippen molar-refractivity contribution in [2.24, 2.45) is 0 Å². The van der Waals surface area contributed by atoms with Crippen molar-refractivity contribution >= 4 is 11.6 Å². The van der Waals surface area contributed by atoms with Gasteiger partial charge in [-0.3, -0.25) is 4.79 Å². The summed E-state index contributed by atoms with van der Waals surface area (Å²) in [6.07, 6.45) is 4.09. The summed E-state index contributed by atoms with van der Waals surface area (Å²) in [6.45, 7) is 7.88. The topological polar surface area (TPSA) is 100 Å². The van der Waals surface area contributed by atoms with E-state index in [9.17, 15) is 4.79 Å². The normalized spacial score (nSPS) is 13.1. The lowest BCUT2D eigenvalue weighted by Gasteiger charge is -2.31. The van der Waals surface area contributed by atoms with Crippen LogP contribution in [0.3, 0.4) is 0 Å². The quantitative estimate of drug-likeness (QED) is 0.267. The lowest BCUT2D eigenvalue weighted by molar-refractivity contribution is 0.0958. The molecule has 2 heterocycles. The molecule has 0 unspecified atom stereocenters. The van der Waals surface area contributed by atoms with Crippen LogP contribution in [0.2, 0.25) is 0 Å². The summed E-state index contributed by atoms with van der Waals surface area (Å²) in [5, 5.41) is 11.2. The van der Waals surface area contributed by atoms with Crippen molar-refractivity contribution in [3.05, 3.63) is 89.9 Å². The molecule has 36 heavy (non-hydrogen) atoms. The molecule has 1 fully saturated rings. The number of amides is 1. The van der Waals surface area contributed by atoms with Crippen molar-refractivity contribution < 1.29 is 14.3 Å². The van der Waals surface area contributed by atoms with Crippen molar-refractivity contribution in [3.8, 4) is 17.3 Å². The van der Waals surface area contributed by atoms with Crippen molar-refractivity contribution in [2.75, 3.05) is 44.4 Å². The molecule has 0 saturated carbocycles. The molecule has 1 aromatic heterocycles. The first-order valence-corrected chi connectivity index (χ1v) is 11.9. The number of aromatic nitrogens is 2. The summed E-state index contributed by atoms with van der Waals surface area (Å²) in [5.41, 5.74) is 5.55. The number of hydrogen-bond donors (Lipinski definition) is 1. The van der Waals surface area contributed by atoms with Gasteiger partial charge in [0.25, 0.3) is 5.91 Å². The maximum absolute atomic E-state index is 12.0. The van der Waals surface area contributed by atoms with E-state index in [-0.39, 0.29) is 12.5 Å². The third-order valence-corrected chi connectivity index (χ3v) is 5.83. The molecule has 1 N–H and O–H groups in total. The first kappa shape index (κ1) is 25.0. The fourth-order valence-electron chi connectivity index (χ4n) is 4.07. The zero-order chi connectivity index (χ0) is 25.2. The minimum absolute atomic E-state index is 0.0224. The van der Waals surface area contributed by atoms with Crippen LogP contribution in [0.1, 0.15) is 27.3 Å². The lowest BCUT2D eigenvalue weighted by atomic mass is 10.0. The number of anilines is 1. The average molecular weight is 484 g/mol. The number of rotatable bonds is 10. The van der Waals surface area contributed by atoms with Gasteiger partial charge in [0.2, 0.25) is 0 Å². The first-order valence-electron chi connectivity index (χ1n) is 11.9. The Morgan fingerprint density at radius 3 is 2.75 bits per heavy atom. The highest BCUT2D eigenvalue weighted by atomic mass is 16.5. The van der Waals surface area contributed by atoms with Crippen LogP contribution in [-0.2, 0) is 22.5 Å². The number of morpholine rings is 1. The standard InChI is InChI=1S/C28H29N5O3/c1-2-15-36-20-24-18-21(3-8-26(24)33-13-16-35-17-14-33)19-27-30-11-9-25(32-27)22-4-6-23(7-5-22)28(34)31-12-10-29/h2-9,11,18H,1,12-17,19-20H2,(H,31,34). The fourth-order valence-corrected chi connectivity index (χ4v) is 4.07. The summed E-state index contributed by atoms with van der Waals surface area (Å²) in [4.78, 5) is 23.6. The molecule has 1 amide bonds. The van der Waals surface area contributed by atoms with Crippen LogP contribution < -0.4 is 10.2 Å². The zero-order valence-electron chi connectivity index (χ0n) is 20.2. The van der Waals surface area contributed by atoms with Crippen LogP contribution in [0, 0.1) is 11.3 Å². The molecule has 0 radical (unpaired) electrons. The Morgan fingerprint density at radius 1 is 1.19 bits per heavy atom. The average Bonchev–Trinajstić information content (AvgIpc) is 2.93. The van der Waals surface area contributed by atoms with Gasteiger partial charge in [-0.05, 0) is 29.8 Å². The fraction of sp³-hybridized carbons (Fsp3) is 0.286. The van der Waals surface area contributed by atoms with Gasteiger partial charge >= 0.3 is 0 Å². The molecule has 1 saturated heterocycles. The molecule has 0 spiro atoms. The van der Waals surface area contributed by atoms with Gasteiger partial charge in [0, 0.05) is 48.1 Å². The lowest BCUT2D eigenvalue weighted by Crippen LogP contribution is -2.36. The van der Waals surface area contributed by atoms with Gasteiger partial charge in [-0.25, -0.2) is 9.97 Å². The molecule has 8 nitrogen and oxygen atoms in total. The van der Waals surface area contributed by atoms with E-state index in [1.165, 1.54) is 5.69 Å². The van der Waals surface area contributed by atoms with Gasteiger partial charge in [0.15, 0.2) is 0 Å². The molecule has 0 atom stereocenters. The Morgan fingerprint density at radius 2 is 2.00 bits per heavy atom. The number of carbonyl (C=O) groups is 1. The third kappa shape index (κ3) is 6.54. The Balaban J connectivity index is 1.51. The molecule has 1 aliphatic heterocycles. The van der Waals surface area contributed by atoms with Gasteiger partial charge < -0.3 is 19.7 Å². The number of ether oxygens (including phenoxy) is 2. The van der Waals surface area contributed by atoms with Crippen LogP contribution in [-0.4, -0.2) is 55.3 Å². The minimum Gasteiger partial charge on any atom is -0.378 e. The molecular formula is C28H29N5O3. The van der Waals surface area contributed by atoms with E-state index >= 15 is 0 Å². The van der Waals surface area contributed by atoms with Crippen LogP contribution in [0.15, 0.2) is 67.4 Å². The van der Waals surface area contributed by atoms with E-state index in [4.69, 9.17) is 19.7 Å². The first-order chi connectivity index (χ1) is 17.7. The maximum Gasteiger partial charge on any atom is 0.252 e. The summed E-state index contributed by atoms with van der Waals surface area (Å²) < 4.78 is 11.3. The molecule has 0 aliphatic carbocycles. The molecule has 184 valence electrons. The second-order valence-electron chi connectivity index (χ2n) is 8.32. The predicted octanol–water partition coefficient (Wildman–Crippen LogP) is 3.53. The molecule has 8 heteroatoms. The van der Waals surface area contributed by atoms with Crippen LogP contribution in [0.4, 0.5) is 5.69 Å². The van der Waals surface area contributed by atoms with Gasteiger partial charge in [-0.2, -0.15) is 5.26 Å². The van der Waals surface area contributed by atoms with Gasteiger partial charge in [0.1, 0.15) is 12.4 Å². The number of nitriles is 1. The Hall–Kier alpha value is -4.06. The Bertz CT molecular complexity index is 1230. The van der Waals surface area contributed by atoms with E-state index < -0.39 is 0 Å². The van der Waals surface area contributed by atoms with Crippen molar-refractivity contribution in [2.45, 2.75) is 13.0 Å². The predicted molar refractivity (Wildman–Crippen MR) is 138 cm³/mol. The zero-order valence-corrected chi connectivity index (χ0v) is 20.2. The second-order valence-corrected chi connectivity index (χ2v) is 8.32. The number of nitrogens with zero attached hydrogens (tertiary/aromatic N) is 4. The SMILES string of the molecule is C=CCOCc1cc(Cc2nccc(-c3ccc(C(=O)NCC#N)cc3)n2)ccc1N1CCOCC1. The van der Waals surface area contributed by atoms with Crippen molar-refractivity contribution in [3.63, 3.8) is 0 Å². The second kappa shape index (κ2) is 12.6. The molecule has 1 aliphatic rings. The molecule has 4 rings (SSSR count). The van der Waals surface area contributed by atoms with Gasteiger partial charge in [0.05, 0.1) is 38.2 Å². The number of nitrogens with one attached hydrogen (secondary N) is 1. The summed E-state index contributed by atoms with van der Waals surface area (Å²) in [5.74, 6) is 0.431. The van der Waals surface area contributed by atoms with Gasteiger partial charge in [-0.15, -0.1) is 6.58 Å². The number of carbonyl (C=O) groups excluding carboxylic acids is 1. The van der Waals surface area contributed by atoms with E-state index in [1.807, 2.05) is 24.3 Å². The Kier molecular flexibility index (Phi) is 8.76. The molecular weight excluding hydrogens is 454 g/mol. The summed E-state index contributed by atoms with van der Waals surface area (Å²) in [7, 11) is 0. The van der Waals surface area contributed by atoms with E-state index in [1.54, 1.807) is 24.4 Å². The van der Waals surface area contributed by atoms with E-state index in [0.717, 1.165) is 48.7 Å². The summed E-state index contributed by atoms with van der Waals surface area (Å²) >= 11 is 0. The smallest absolute Gasteiger partial charge is 0.252 e. The summed E-state index contributed by atoms with van der Waals surface area (Å²) in [6, 6.07) is 17.3. The highest BCUT2D eigenvalue weighted by molar-refractivity contribution is 5.94. The minimum atomic E-state index is -0.278. The van der Waals surface area contributed by atoms with Gasteiger partial charge in [-0.1, -0.05) is 30.3 Å². The number of hydrogen-bond acceptors (Lipinski definition) is 7. The maximum atomic E-state index is 12.0. The van der Waals surface area contributed by atoms with Crippen LogP contribution in [0.25, 0.3) is 11.3 Å². The van der Waals surface area contributed by atoms with Crippen LogP contribution >= 0.6 is 0 Å². The molecule has 0 bridgehead atoms. The largest absolute Gasteiger partial charge is 0.378 e. The monoisotopic (exact) mass is 483 g/mol. The third-order valence-electron chi connectivity index (χ3n) is 5.83. The van der Waals surface area contributed by atoms with Crippen LogP contribution in [0.5, 0.6) is 0 Å². The van der Waals surface area contributed by atoms with Crippen molar-refractivity contribution in [1.82, 2.24) is 15.3 Å². The van der Waals surface area contributed by atoms with Crippen molar-refractivity contribution in [1.29, 1.82) is 5.26 Å². The molecule has 3 aromatic rings. The number of benzene rings is 2. The molecule has 2 aromatic carbocycles. The highest BCUT2D eigenvalue weighted by Gasteiger charge is 2.16. The van der Waals surface area contributed by atoms with E-state index in [2.05, 4.69) is 40.0 Å². The Labute approximate surface area is 211 Å². The highest BCUT2D eigenvalue weighted by Crippen LogP contribution is 2.25. The van der Waals surface area contributed by atoms with E-state index in [0.29, 0.717) is 31.0 Å².